The van der Waals surface area contributed by atoms with Gasteiger partial charge < -0.3 is 15.7 Å². The van der Waals surface area contributed by atoms with Crippen LogP contribution in [0.4, 0.5) is 10.1 Å². The molecular formula is C13H16BrFN2O3. The van der Waals surface area contributed by atoms with E-state index in [9.17, 15) is 14.0 Å². The number of nitrogens with one attached hydrogen (secondary N) is 2. The van der Waals surface area contributed by atoms with Crippen LogP contribution in [0.25, 0.3) is 0 Å². The molecule has 7 heteroatoms. The van der Waals surface area contributed by atoms with Gasteiger partial charge in [-0.15, -0.1) is 0 Å². The summed E-state index contributed by atoms with van der Waals surface area (Å²) in [6, 6.07) is 4.04. The van der Waals surface area contributed by atoms with E-state index >= 15 is 0 Å². The highest BCUT2D eigenvalue weighted by Gasteiger charge is 2.16. The van der Waals surface area contributed by atoms with Crippen molar-refractivity contribution in [2.75, 3.05) is 18.5 Å². The van der Waals surface area contributed by atoms with Crippen molar-refractivity contribution in [1.82, 2.24) is 5.32 Å². The third-order valence-electron chi connectivity index (χ3n) is 2.62. The molecule has 0 aliphatic carbocycles. The lowest BCUT2D eigenvalue weighted by molar-refractivity contribution is -0.136. The number of carbonyl (C=O) groups excluding carboxylic acids is 2. The number of benzene rings is 1. The monoisotopic (exact) mass is 346 g/mol. The fourth-order valence-electron chi connectivity index (χ4n) is 1.44. The highest BCUT2D eigenvalue weighted by atomic mass is 79.9. The van der Waals surface area contributed by atoms with Crippen molar-refractivity contribution < 1.29 is 19.1 Å². The Kier molecular flexibility index (Phi) is 6.60. The summed E-state index contributed by atoms with van der Waals surface area (Å²) in [6.07, 6.45) is 0.530. The van der Waals surface area contributed by atoms with Crippen molar-refractivity contribution in [3.63, 3.8) is 0 Å². The first-order valence-electron chi connectivity index (χ1n) is 6.09. The van der Waals surface area contributed by atoms with Gasteiger partial charge in [-0.2, -0.15) is 0 Å². The molecule has 0 bridgehead atoms. The Hall–Kier alpha value is -1.47. The smallest absolute Gasteiger partial charge is 0.313 e. The highest BCUT2D eigenvalue weighted by Crippen LogP contribution is 2.19. The van der Waals surface area contributed by atoms with Gasteiger partial charge >= 0.3 is 11.8 Å². The average Bonchev–Trinajstić information content (AvgIpc) is 2.40. The van der Waals surface area contributed by atoms with Gasteiger partial charge in [-0.3, -0.25) is 9.59 Å². The number of hydrogen-bond donors (Lipinski definition) is 3. The maximum atomic E-state index is 13.4. The molecule has 0 aliphatic heterocycles. The summed E-state index contributed by atoms with van der Waals surface area (Å²) in [5.41, 5.74) is -0.0667. The van der Waals surface area contributed by atoms with E-state index in [1.54, 1.807) is 0 Å². The maximum Gasteiger partial charge on any atom is 0.313 e. The van der Waals surface area contributed by atoms with Crippen LogP contribution in [-0.4, -0.2) is 30.1 Å². The lowest BCUT2D eigenvalue weighted by Gasteiger charge is -2.11. The lowest BCUT2D eigenvalue weighted by atomic mass is 10.1. The van der Waals surface area contributed by atoms with E-state index < -0.39 is 17.6 Å². The second-order valence-electron chi connectivity index (χ2n) is 4.41. The minimum Gasteiger partial charge on any atom is -0.396 e. The van der Waals surface area contributed by atoms with Crippen LogP contribution < -0.4 is 10.6 Å². The third kappa shape index (κ3) is 5.26. The first-order chi connectivity index (χ1) is 9.43. The van der Waals surface area contributed by atoms with Crippen LogP contribution >= 0.6 is 15.9 Å². The number of halogens is 2. The molecule has 3 N–H and O–H groups in total. The number of aliphatic hydroxyl groups excluding tert-OH is 1. The molecule has 110 valence electrons. The van der Waals surface area contributed by atoms with Crippen molar-refractivity contribution in [1.29, 1.82) is 0 Å². The Morgan fingerprint density at radius 1 is 1.40 bits per heavy atom. The van der Waals surface area contributed by atoms with Crippen LogP contribution in [0.5, 0.6) is 0 Å². The minimum absolute atomic E-state index is 0.0203. The SMILES string of the molecule is CC(CCO)CNC(=O)C(=O)Nc1cc(Br)ccc1F. The van der Waals surface area contributed by atoms with E-state index in [1.807, 2.05) is 6.92 Å². The highest BCUT2D eigenvalue weighted by molar-refractivity contribution is 9.10. The van der Waals surface area contributed by atoms with Gasteiger partial charge in [0.15, 0.2) is 0 Å². The zero-order valence-electron chi connectivity index (χ0n) is 11.0. The molecule has 20 heavy (non-hydrogen) atoms. The van der Waals surface area contributed by atoms with Crippen molar-refractivity contribution in [2.45, 2.75) is 13.3 Å². The normalized spacial score (nSPS) is 11.8. The van der Waals surface area contributed by atoms with Crippen molar-refractivity contribution in [3.8, 4) is 0 Å². The summed E-state index contributed by atoms with van der Waals surface area (Å²) in [5, 5.41) is 13.4. The molecule has 0 aliphatic rings. The van der Waals surface area contributed by atoms with Gasteiger partial charge in [-0.05, 0) is 30.5 Å². The molecule has 1 rings (SSSR count). The first kappa shape index (κ1) is 16.6. The number of aliphatic hydroxyl groups is 1. The van der Waals surface area contributed by atoms with E-state index in [0.717, 1.165) is 0 Å². The van der Waals surface area contributed by atoms with Crippen molar-refractivity contribution in [3.05, 3.63) is 28.5 Å². The largest absolute Gasteiger partial charge is 0.396 e. The van der Waals surface area contributed by atoms with Gasteiger partial charge in [0.05, 0.1) is 5.69 Å². The molecule has 1 aromatic rings. The summed E-state index contributed by atoms with van der Waals surface area (Å²) < 4.78 is 14.0. The zero-order valence-corrected chi connectivity index (χ0v) is 12.5. The molecule has 0 aromatic heterocycles. The molecule has 0 heterocycles. The molecule has 0 saturated carbocycles. The van der Waals surface area contributed by atoms with E-state index in [0.29, 0.717) is 10.9 Å². The van der Waals surface area contributed by atoms with E-state index in [-0.39, 0.29) is 24.8 Å². The second kappa shape index (κ2) is 7.96. The Morgan fingerprint density at radius 2 is 2.10 bits per heavy atom. The summed E-state index contributed by atoms with van der Waals surface area (Å²) in [4.78, 5) is 23.1. The van der Waals surface area contributed by atoms with Gasteiger partial charge in [-0.1, -0.05) is 22.9 Å². The van der Waals surface area contributed by atoms with Crippen LogP contribution in [0.15, 0.2) is 22.7 Å². The van der Waals surface area contributed by atoms with Gasteiger partial charge in [0.1, 0.15) is 5.82 Å². The van der Waals surface area contributed by atoms with Crippen LogP contribution in [0, 0.1) is 11.7 Å². The zero-order chi connectivity index (χ0) is 15.1. The molecular weight excluding hydrogens is 331 g/mol. The third-order valence-corrected chi connectivity index (χ3v) is 3.11. The van der Waals surface area contributed by atoms with E-state index in [4.69, 9.17) is 5.11 Å². The van der Waals surface area contributed by atoms with Crippen molar-refractivity contribution >= 4 is 33.4 Å². The summed E-state index contributed by atoms with van der Waals surface area (Å²) >= 11 is 3.15. The van der Waals surface area contributed by atoms with Gasteiger partial charge in [0.25, 0.3) is 0 Å². The molecule has 0 fully saturated rings. The maximum absolute atomic E-state index is 13.4. The average molecular weight is 347 g/mol. The van der Waals surface area contributed by atoms with Crippen molar-refractivity contribution in [2.24, 2.45) is 5.92 Å². The molecule has 1 aromatic carbocycles. The minimum atomic E-state index is -0.932. The molecule has 1 atom stereocenters. The standard InChI is InChI=1S/C13H16BrFN2O3/c1-8(4-5-18)7-16-12(19)13(20)17-11-6-9(14)2-3-10(11)15/h2-3,6,8,18H,4-5,7H2,1H3,(H,16,19)(H,17,20). The molecule has 2 amide bonds. The molecule has 0 radical (unpaired) electrons. The number of rotatable bonds is 5. The van der Waals surface area contributed by atoms with Crippen LogP contribution in [0.3, 0.4) is 0 Å². The summed E-state index contributed by atoms with van der Waals surface area (Å²) in [5.74, 6) is -2.34. The second-order valence-corrected chi connectivity index (χ2v) is 5.32. The number of amides is 2. The topological polar surface area (TPSA) is 78.4 Å². The summed E-state index contributed by atoms with van der Waals surface area (Å²) in [7, 11) is 0. The van der Waals surface area contributed by atoms with Gasteiger partial charge in [0.2, 0.25) is 0 Å². The predicted molar refractivity (Wildman–Crippen MR) is 76.6 cm³/mol. The lowest BCUT2D eigenvalue weighted by Crippen LogP contribution is -2.38. The fourth-order valence-corrected chi connectivity index (χ4v) is 1.80. The van der Waals surface area contributed by atoms with Crippen LogP contribution in [0.2, 0.25) is 0 Å². The van der Waals surface area contributed by atoms with Crippen LogP contribution in [0.1, 0.15) is 13.3 Å². The Labute approximate surface area is 124 Å². The number of hydrogen-bond acceptors (Lipinski definition) is 3. The first-order valence-corrected chi connectivity index (χ1v) is 6.88. The van der Waals surface area contributed by atoms with E-state index in [1.165, 1.54) is 18.2 Å². The van der Waals surface area contributed by atoms with E-state index in [2.05, 4.69) is 26.6 Å². The van der Waals surface area contributed by atoms with Gasteiger partial charge in [0, 0.05) is 17.6 Å². The van der Waals surface area contributed by atoms with Crippen LogP contribution in [-0.2, 0) is 9.59 Å². The summed E-state index contributed by atoms with van der Waals surface area (Å²) in [6.45, 7) is 2.13. The molecule has 0 saturated heterocycles. The Balaban J connectivity index is 2.53. The Morgan fingerprint density at radius 3 is 2.75 bits per heavy atom. The van der Waals surface area contributed by atoms with Gasteiger partial charge in [-0.25, -0.2) is 4.39 Å². The molecule has 0 spiro atoms. The number of anilines is 1. The Bertz CT molecular complexity index is 497. The number of carbonyl (C=O) groups is 2. The molecule has 5 nitrogen and oxygen atoms in total. The molecule has 1 unspecified atom stereocenters. The quantitative estimate of drug-likeness (QED) is 0.709. The fraction of sp³-hybridized carbons (Fsp3) is 0.385. The predicted octanol–water partition coefficient (Wildman–Crippen LogP) is 1.66.